The number of hydrogen-bond donors (Lipinski definition) is 1. The fourth-order valence-corrected chi connectivity index (χ4v) is 2.82. The number of ether oxygens (including phenoxy) is 3. The van der Waals surface area contributed by atoms with Gasteiger partial charge in [-0.1, -0.05) is 24.3 Å². The van der Waals surface area contributed by atoms with Gasteiger partial charge in [0, 0.05) is 7.05 Å². The predicted molar refractivity (Wildman–Crippen MR) is 95.6 cm³/mol. The zero-order valence-electron chi connectivity index (χ0n) is 14.4. The summed E-state index contributed by atoms with van der Waals surface area (Å²) in [6.45, 7) is 1.58. The molecule has 3 rings (SSSR count). The quantitative estimate of drug-likeness (QED) is 0.871. The Labute approximate surface area is 147 Å². The molecule has 1 amide bonds. The van der Waals surface area contributed by atoms with Crippen molar-refractivity contribution in [1.82, 2.24) is 5.32 Å². The lowest BCUT2D eigenvalue weighted by atomic mass is 10.2. The number of methoxy groups -OCH3 is 1. The summed E-state index contributed by atoms with van der Waals surface area (Å²) in [4.78, 5) is 14.1. The fraction of sp³-hybridized carbons (Fsp3) is 0.316. The van der Waals surface area contributed by atoms with E-state index in [4.69, 9.17) is 14.2 Å². The van der Waals surface area contributed by atoms with Crippen LogP contribution < -0.4 is 24.4 Å². The molecule has 1 heterocycles. The highest BCUT2D eigenvalue weighted by molar-refractivity contribution is 5.83. The summed E-state index contributed by atoms with van der Waals surface area (Å²) in [5, 5.41) is 2.64. The minimum atomic E-state index is -0.536. The molecule has 2 aromatic carbocycles. The summed E-state index contributed by atoms with van der Waals surface area (Å²) in [5.41, 5.74) is 0.964. The Balaban J connectivity index is 1.69. The molecule has 0 radical (unpaired) electrons. The number of anilines is 1. The van der Waals surface area contributed by atoms with Crippen LogP contribution in [0.1, 0.15) is 0 Å². The number of carbonyl (C=O) groups is 1. The number of nitrogens with zero attached hydrogens (tertiary/aromatic N) is 1. The SMILES string of the molecule is CNC(=O)[C@@H]1CN(CCOc2ccccc2OC)c2ccccc2O1. The number of carbonyl (C=O) groups excluding carboxylic acids is 1. The highest BCUT2D eigenvalue weighted by Gasteiger charge is 2.29. The summed E-state index contributed by atoms with van der Waals surface area (Å²) in [6, 6.07) is 15.3. The Kier molecular flexibility index (Phi) is 5.28. The maximum atomic E-state index is 12.0. The van der Waals surface area contributed by atoms with Gasteiger partial charge in [-0.05, 0) is 24.3 Å². The number of benzene rings is 2. The van der Waals surface area contributed by atoms with Crippen LogP contribution in [-0.4, -0.2) is 45.9 Å². The smallest absolute Gasteiger partial charge is 0.262 e. The molecule has 0 bridgehead atoms. The van der Waals surface area contributed by atoms with Crippen molar-refractivity contribution in [2.24, 2.45) is 0 Å². The maximum Gasteiger partial charge on any atom is 0.262 e. The lowest BCUT2D eigenvalue weighted by Gasteiger charge is -2.35. The van der Waals surface area contributed by atoms with E-state index in [1.807, 2.05) is 48.5 Å². The first-order valence-corrected chi connectivity index (χ1v) is 8.21. The molecule has 0 spiro atoms. The van der Waals surface area contributed by atoms with Crippen molar-refractivity contribution in [2.75, 3.05) is 38.8 Å². The van der Waals surface area contributed by atoms with Gasteiger partial charge in [-0.2, -0.15) is 0 Å². The normalized spacial score (nSPS) is 15.8. The van der Waals surface area contributed by atoms with Crippen LogP contribution in [0.15, 0.2) is 48.5 Å². The van der Waals surface area contributed by atoms with Gasteiger partial charge in [-0.15, -0.1) is 0 Å². The van der Waals surface area contributed by atoms with Crippen LogP contribution in [0, 0.1) is 0 Å². The molecular formula is C19H22N2O4. The van der Waals surface area contributed by atoms with Gasteiger partial charge in [-0.25, -0.2) is 0 Å². The number of fused-ring (bicyclic) bond motifs is 1. The number of hydrogen-bond acceptors (Lipinski definition) is 5. The summed E-state index contributed by atoms with van der Waals surface area (Å²) >= 11 is 0. The van der Waals surface area contributed by atoms with E-state index in [1.54, 1.807) is 14.2 Å². The van der Waals surface area contributed by atoms with Gasteiger partial charge >= 0.3 is 0 Å². The number of rotatable bonds is 6. The molecule has 0 aromatic heterocycles. The molecule has 132 valence electrons. The largest absolute Gasteiger partial charge is 0.493 e. The minimum Gasteiger partial charge on any atom is -0.493 e. The molecule has 2 aromatic rings. The van der Waals surface area contributed by atoms with Gasteiger partial charge in [-0.3, -0.25) is 4.79 Å². The Morgan fingerprint density at radius 1 is 1.20 bits per heavy atom. The highest BCUT2D eigenvalue weighted by atomic mass is 16.5. The van der Waals surface area contributed by atoms with Gasteiger partial charge in [0.15, 0.2) is 17.6 Å². The second-order valence-corrected chi connectivity index (χ2v) is 5.63. The molecular weight excluding hydrogens is 320 g/mol. The van der Waals surface area contributed by atoms with Gasteiger partial charge in [0.05, 0.1) is 25.9 Å². The average molecular weight is 342 g/mol. The monoisotopic (exact) mass is 342 g/mol. The minimum absolute atomic E-state index is 0.134. The van der Waals surface area contributed by atoms with Crippen molar-refractivity contribution in [3.05, 3.63) is 48.5 Å². The summed E-state index contributed by atoms with van der Waals surface area (Å²) in [7, 11) is 3.23. The predicted octanol–water partition coefficient (Wildman–Crippen LogP) is 2.09. The van der Waals surface area contributed by atoms with Crippen molar-refractivity contribution in [1.29, 1.82) is 0 Å². The first-order chi connectivity index (χ1) is 12.2. The van der Waals surface area contributed by atoms with Gasteiger partial charge in [0.2, 0.25) is 0 Å². The van der Waals surface area contributed by atoms with E-state index < -0.39 is 6.10 Å². The standard InChI is InChI=1S/C19H22N2O4/c1-20-19(22)18-13-21(14-7-3-4-8-15(14)25-18)11-12-24-17-10-6-5-9-16(17)23-2/h3-10,18H,11-13H2,1-2H3,(H,20,22)/t18-/m0/s1. The highest BCUT2D eigenvalue weighted by Crippen LogP contribution is 2.33. The second-order valence-electron chi connectivity index (χ2n) is 5.63. The van der Waals surface area contributed by atoms with E-state index >= 15 is 0 Å². The molecule has 6 heteroatoms. The number of likely N-dealkylation sites (N-methyl/N-ethyl adjacent to an activating group) is 1. The summed E-state index contributed by atoms with van der Waals surface area (Å²) < 4.78 is 17.0. The molecule has 0 aliphatic carbocycles. The van der Waals surface area contributed by atoms with Crippen LogP contribution in [0.3, 0.4) is 0 Å². The molecule has 0 saturated heterocycles. The van der Waals surface area contributed by atoms with Crippen molar-refractivity contribution >= 4 is 11.6 Å². The summed E-state index contributed by atoms with van der Waals surface area (Å²) in [6.07, 6.45) is -0.536. The van der Waals surface area contributed by atoms with Gasteiger partial charge in [0.25, 0.3) is 5.91 Å². The van der Waals surface area contributed by atoms with Crippen LogP contribution in [-0.2, 0) is 4.79 Å². The lowest BCUT2D eigenvalue weighted by Crippen LogP contribution is -2.49. The van der Waals surface area contributed by atoms with Crippen molar-refractivity contribution in [3.63, 3.8) is 0 Å². The van der Waals surface area contributed by atoms with Crippen LogP contribution in [0.4, 0.5) is 5.69 Å². The third-order valence-corrected chi connectivity index (χ3v) is 4.09. The third kappa shape index (κ3) is 3.79. The van der Waals surface area contributed by atoms with Crippen molar-refractivity contribution in [2.45, 2.75) is 6.10 Å². The third-order valence-electron chi connectivity index (χ3n) is 4.09. The van der Waals surface area contributed by atoms with E-state index in [1.165, 1.54) is 0 Å². The molecule has 0 saturated carbocycles. The van der Waals surface area contributed by atoms with E-state index in [2.05, 4.69) is 10.2 Å². The molecule has 1 aliphatic heterocycles. The van der Waals surface area contributed by atoms with Gasteiger partial charge < -0.3 is 24.4 Å². The molecule has 6 nitrogen and oxygen atoms in total. The van der Waals surface area contributed by atoms with Crippen LogP contribution in [0.25, 0.3) is 0 Å². The maximum absolute atomic E-state index is 12.0. The molecule has 1 atom stereocenters. The van der Waals surface area contributed by atoms with E-state index in [9.17, 15) is 4.79 Å². The Bertz CT molecular complexity index is 735. The lowest BCUT2D eigenvalue weighted by molar-refractivity contribution is -0.127. The molecule has 1 N–H and O–H groups in total. The topological polar surface area (TPSA) is 60.0 Å². The first-order valence-electron chi connectivity index (χ1n) is 8.21. The van der Waals surface area contributed by atoms with Crippen LogP contribution in [0.5, 0.6) is 17.2 Å². The van der Waals surface area contributed by atoms with Gasteiger partial charge in [0.1, 0.15) is 12.4 Å². The number of nitrogens with one attached hydrogen (secondary N) is 1. The van der Waals surface area contributed by atoms with Crippen molar-refractivity contribution in [3.8, 4) is 17.2 Å². The molecule has 0 fully saturated rings. The Morgan fingerprint density at radius 2 is 1.92 bits per heavy atom. The second kappa shape index (κ2) is 7.79. The van der Waals surface area contributed by atoms with E-state index in [0.29, 0.717) is 36.9 Å². The van der Waals surface area contributed by atoms with Crippen LogP contribution >= 0.6 is 0 Å². The van der Waals surface area contributed by atoms with Crippen LogP contribution in [0.2, 0.25) is 0 Å². The molecule has 25 heavy (non-hydrogen) atoms. The zero-order valence-corrected chi connectivity index (χ0v) is 14.4. The van der Waals surface area contributed by atoms with E-state index in [-0.39, 0.29) is 5.91 Å². The van der Waals surface area contributed by atoms with Crippen molar-refractivity contribution < 1.29 is 19.0 Å². The van der Waals surface area contributed by atoms with E-state index in [0.717, 1.165) is 5.69 Å². The average Bonchev–Trinajstić information content (AvgIpc) is 2.67. The Morgan fingerprint density at radius 3 is 2.68 bits per heavy atom. The number of para-hydroxylation sites is 4. The number of amides is 1. The fourth-order valence-electron chi connectivity index (χ4n) is 2.82. The Hall–Kier alpha value is -2.89. The summed E-state index contributed by atoms with van der Waals surface area (Å²) in [5.74, 6) is 1.98. The molecule has 0 unspecified atom stereocenters. The zero-order chi connectivity index (χ0) is 17.6. The first kappa shape index (κ1) is 17.0. The molecule has 1 aliphatic rings.